The predicted molar refractivity (Wildman–Crippen MR) is 80.9 cm³/mol. The van der Waals surface area contributed by atoms with Crippen LogP contribution in [-0.2, 0) is 6.42 Å². The zero-order chi connectivity index (χ0) is 14.0. The molecule has 0 amide bonds. The third-order valence-corrected chi connectivity index (χ3v) is 2.76. The standard InChI is InChI=1S/C15H24.C2H6O/c1-13-8-10-14(11-9-13)7-5-6-12-15(2,3)4;1-2-3/h8-11H,5-7,12H2,1-4H3;3H,2H2,1H3. The maximum absolute atomic E-state index is 7.57. The molecule has 0 aliphatic carbocycles. The van der Waals surface area contributed by atoms with E-state index in [1.807, 2.05) is 0 Å². The van der Waals surface area contributed by atoms with Crippen molar-refractivity contribution in [2.45, 2.75) is 60.3 Å². The Kier molecular flexibility index (Phi) is 8.74. The fourth-order valence-electron chi connectivity index (χ4n) is 1.74. The topological polar surface area (TPSA) is 20.2 Å². The predicted octanol–water partition coefficient (Wildman–Crippen LogP) is 4.75. The summed E-state index contributed by atoms with van der Waals surface area (Å²) in [5, 5.41) is 7.57. The molecular weight excluding hydrogens is 220 g/mol. The molecule has 0 unspecified atom stereocenters. The second-order valence-electron chi connectivity index (χ2n) is 6.07. The quantitative estimate of drug-likeness (QED) is 0.764. The van der Waals surface area contributed by atoms with Crippen LogP contribution in [0.15, 0.2) is 24.3 Å². The van der Waals surface area contributed by atoms with E-state index in [9.17, 15) is 0 Å². The van der Waals surface area contributed by atoms with Crippen molar-refractivity contribution in [3.05, 3.63) is 35.4 Å². The van der Waals surface area contributed by atoms with Gasteiger partial charge in [-0.05, 0) is 44.1 Å². The van der Waals surface area contributed by atoms with E-state index < -0.39 is 0 Å². The van der Waals surface area contributed by atoms with E-state index in [2.05, 4.69) is 52.0 Å². The highest BCUT2D eigenvalue weighted by atomic mass is 16.2. The van der Waals surface area contributed by atoms with Gasteiger partial charge >= 0.3 is 0 Å². The molecule has 0 atom stereocenters. The van der Waals surface area contributed by atoms with Crippen molar-refractivity contribution in [1.29, 1.82) is 0 Å². The number of aliphatic hydroxyl groups excluding tert-OH is 1. The molecule has 0 spiro atoms. The van der Waals surface area contributed by atoms with Crippen molar-refractivity contribution in [1.82, 2.24) is 0 Å². The number of aryl methyl sites for hydroxylation is 2. The Hall–Kier alpha value is -0.820. The Morgan fingerprint density at radius 2 is 1.50 bits per heavy atom. The lowest BCUT2D eigenvalue weighted by Crippen LogP contribution is -2.04. The van der Waals surface area contributed by atoms with Crippen LogP contribution in [0.2, 0.25) is 0 Å². The number of hydrogen-bond acceptors (Lipinski definition) is 1. The first-order valence-corrected chi connectivity index (χ1v) is 7.05. The molecule has 0 radical (unpaired) electrons. The van der Waals surface area contributed by atoms with Crippen LogP contribution in [0.5, 0.6) is 0 Å². The summed E-state index contributed by atoms with van der Waals surface area (Å²) < 4.78 is 0. The largest absolute Gasteiger partial charge is 0.397 e. The van der Waals surface area contributed by atoms with Gasteiger partial charge in [-0.25, -0.2) is 0 Å². The molecule has 0 saturated heterocycles. The molecule has 104 valence electrons. The summed E-state index contributed by atoms with van der Waals surface area (Å²) in [5.74, 6) is 0. The van der Waals surface area contributed by atoms with Gasteiger partial charge in [-0.1, -0.05) is 57.0 Å². The summed E-state index contributed by atoms with van der Waals surface area (Å²) in [6.45, 7) is 11.0. The molecule has 0 aliphatic heterocycles. The summed E-state index contributed by atoms with van der Waals surface area (Å²) in [5.41, 5.74) is 3.33. The lowest BCUT2D eigenvalue weighted by molar-refractivity contribution is 0.318. The van der Waals surface area contributed by atoms with Gasteiger partial charge in [0.05, 0.1) is 0 Å². The number of benzene rings is 1. The smallest absolute Gasteiger partial charge is 0.0402 e. The van der Waals surface area contributed by atoms with Gasteiger partial charge in [0.1, 0.15) is 0 Å². The molecule has 1 nitrogen and oxygen atoms in total. The van der Waals surface area contributed by atoms with Crippen LogP contribution in [0.1, 0.15) is 58.1 Å². The maximum atomic E-state index is 7.57. The van der Waals surface area contributed by atoms with Crippen LogP contribution in [-0.4, -0.2) is 11.7 Å². The second-order valence-corrected chi connectivity index (χ2v) is 6.07. The molecule has 0 aromatic heterocycles. The van der Waals surface area contributed by atoms with Gasteiger partial charge in [-0.15, -0.1) is 0 Å². The SMILES string of the molecule is CCO.Cc1ccc(CCCCC(C)(C)C)cc1. The molecule has 1 heteroatoms. The number of aliphatic hydroxyl groups is 1. The highest BCUT2D eigenvalue weighted by Crippen LogP contribution is 2.22. The van der Waals surface area contributed by atoms with Gasteiger partial charge in [-0.3, -0.25) is 0 Å². The third kappa shape index (κ3) is 10.3. The molecule has 1 aromatic rings. The molecule has 1 aromatic carbocycles. The number of unbranched alkanes of at least 4 members (excludes halogenated alkanes) is 1. The third-order valence-electron chi connectivity index (χ3n) is 2.76. The van der Waals surface area contributed by atoms with Gasteiger partial charge < -0.3 is 5.11 Å². The number of hydrogen-bond donors (Lipinski definition) is 1. The van der Waals surface area contributed by atoms with Crippen LogP contribution in [0.3, 0.4) is 0 Å². The highest BCUT2D eigenvalue weighted by molar-refractivity contribution is 5.21. The van der Waals surface area contributed by atoms with E-state index in [1.165, 1.54) is 36.8 Å². The molecule has 1 rings (SSSR count). The van der Waals surface area contributed by atoms with Crippen molar-refractivity contribution in [2.24, 2.45) is 5.41 Å². The van der Waals surface area contributed by atoms with Crippen LogP contribution in [0.25, 0.3) is 0 Å². The average Bonchev–Trinajstić information content (AvgIpc) is 2.27. The van der Waals surface area contributed by atoms with Crippen molar-refractivity contribution in [2.75, 3.05) is 6.61 Å². The minimum absolute atomic E-state index is 0.250. The summed E-state index contributed by atoms with van der Waals surface area (Å²) in [4.78, 5) is 0. The molecule has 0 bridgehead atoms. The Morgan fingerprint density at radius 3 is 1.94 bits per heavy atom. The molecular formula is C17H30O. The van der Waals surface area contributed by atoms with Crippen LogP contribution in [0.4, 0.5) is 0 Å². The fraction of sp³-hybridized carbons (Fsp3) is 0.647. The van der Waals surface area contributed by atoms with E-state index >= 15 is 0 Å². The van der Waals surface area contributed by atoms with E-state index in [1.54, 1.807) is 6.92 Å². The van der Waals surface area contributed by atoms with Crippen molar-refractivity contribution < 1.29 is 5.11 Å². The number of rotatable bonds is 4. The van der Waals surface area contributed by atoms with Gasteiger partial charge in [0, 0.05) is 6.61 Å². The second kappa shape index (κ2) is 9.16. The zero-order valence-electron chi connectivity index (χ0n) is 12.8. The van der Waals surface area contributed by atoms with E-state index in [0.29, 0.717) is 5.41 Å². The molecule has 18 heavy (non-hydrogen) atoms. The maximum Gasteiger partial charge on any atom is 0.0402 e. The normalized spacial score (nSPS) is 10.8. The minimum atomic E-state index is 0.250. The first-order valence-electron chi connectivity index (χ1n) is 7.05. The van der Waals surface area contributed by atoms with Crippen molar-refractivity contribution in [3.8, 4) is 0 Å². The van der Waals surface area contributed by atoms with E-state index in [4.69, 9.17) is 5.11 Å². The van der Waals surface area contributed by atoms with Gasteiger partial charge in [0.2, 0.25) is 0 Å². The molecule has 1 N–H and O–H groups in total. The molecule has 0 saturated carbocycles. The monoisotopic (exact) mass is 250 g/mol. The van der Waals surface area contributed by atoms with Crippen molar-refractivity contribution >= 4 is 0 Å². The highest BCUT2D eigenvalue weighted by Gasteiger charge is 2.08. The molecule has 0 heterocycles. The minimum Gasteiger partial charge on any atom is -0.397 e. The summed E-state index contributed by atoms with van der Waals surface area (Å²) in [7, 11) is 0. The summed E-state index contributed by atoms with van der Waals surface area (Å²) >= 11 is 0. The Bertz CT molecular complexity index is 292. The van der Waals surface area contributed by atoms with Crippen molar-refractivity contribution in [3.63, 3.8) is 0 Å². The molecule has 0 aliphatic rings. The van der Waals surface area contributed by atoms with Gasteiger partial charge in [0.15, 0.2) is 0 Å². The van der Waals surface area contributed by atoms with Gasteiger partial charge in [0.25, 0.3) is 0 Å². The Morgan fingerprint density at radius 1 is 1.00 bits per heavy atom. The van der Waals surface area contributed by atoms with Crippen LogP contribution >= 0.6 is 0 Å². The fourth-order valence-corrected chi connectivity index (χ4v) is 1.74. The first kappa shape index (κ1) is 17.2. The van der Waals surface area contributed by atoms with Crippen LogP contribution in [0, 0.1) is 12.3 Å². The lowest BCUT2D eigenvalue weighted by Gasteiger charge is -2.17. The Balaban J connectivity index is 0.000000873. The molecule has 0 fully saturated rings. The zero-order valence-corrected chi connectivity index (χ0v) is 12.8. The Labute approximate surface area is 113 Å². The van der Waals surface area contributed by atoms with Gasteiger partial charge in [-0.2, -0.15) is 0 Å². The summed E-state index contributed by atoms with van der Waals surface area (Å²) in [6.07, 6.45) is 5.23. The first-order chi connectivity index (χ1) is 8.39. The van der Waals surface area contributed by atoms with E-state index in [-0.39, 0.29) is 6.61 Å². The summed E-state index contributed by atoms with van der Waals surface area (Å²) in [6, 6.07) is 8.93. The van der Waals surface area contributed by atoms with E-state index in [0.717, 1.165) is 0 Å². The lowest BCUT2D eigenvalue weighted by atomic mass is 9.89. The van der Waals surface area contributed by atoms with Crippen LogP contribution < -0.4 is 0 Å². The average molecular weight is 250 g/mol.